The van der Waals surface area contributed by atoms with Crippen LogP contribution in [-0.2, 0) is 12.8 Å². The highest BCUT2D eigenvalue weighted by Gasteiger charge is 2.28. The molecule has 154 valence electrons. The number of hydrogen-bond acceptors (Lipinski definition) is 5. The zero-order chi connectivity index (χ0) is 21.4. The molecule has 0 aliphatic heterocycles. The molecule has 0 unspecified atom stereocenters. The topological polar surface area (TPSA) is 108 Å². The first-order valence-corrected chi connectivity index (χ1v) is 9.55. The van der Waals surface area contributed by atoms with Gasteiger partial charge in [-0.15, -0.1) is 5.10 Å². The fourth-order valence-electron chi connectivity index (χ4n) is 3.66. The summed E-state index contributed by atoms with van der Waals surface area (Å²) in [6.45, 7) is 0. The summed E-state index contributed by atoms with van der Waals surface area (Å²) in [5.41, 5.74) is 11.9. The van der Waals surface area contributed by atoms with E-state index in [1.54, 1.807) is 0 Å². The van der Waals surface area contributed by atoms with Gasteiger partial charge in [-0.1, -0.05) is 35.9 Å². The second kappa shape index (κ2) is 7.72. The van der Waals surface area contributed by atoms with Crippen LogP contribution in [0.2, 0.25) is 5.02 Å². The molecule has 0 bridgehead atoms. The molecule has 9 heteroatoms. The second-order valence-electron chi connectivity index (χ2n) is 6.74. The molecule has 4 rings (SSSR count). The van der Waals surface area contributed by atoms with Crippen molar-refractivity contribution in [1.29, 1.82) is 0 Å². The quantitative estimate of drug-likeness (QED) is 0.652. The Hall–Kier alpha value is -3.52. The van der Waals surface area contributed by atoms with Gasteiger partial charge in [0, 0.05) is 17.2 Å². The van der Waals surface area contributed by atoms with Gasteiger partial charge in [0.05, 0.1) is 30.5 Å². The van der Waals surface area contributed by atoms with Gasteiger partial charge in [-0.2, -0.15) is 4.79 Å². The molecule has 0 spiro atoms. The number of aryl methyl sites for hydroxylation is 1. The van der Waals surface area contributed by atoms with Crippen LogP contribution in [0, 0.1) is 0 Å². The first-order valence-electron chi connectivity index (χ1n) is 9.17. The van der Waals surface area contributed by atoms with Crippen LogP contribution < -0.4 is 20.6 Å². The number of nitrogens with one attached hydrogen (secondary N) is 1. The Kier molecular flexibility index (Phi) is 5.09. The van der Waals surface area contributed by atoms with Gasteiger partial charge in [0.2, 0.25) is 0 Å². The lowest BCUT2D eigenvalue weighted by Crippen LogP contribution is -2.26. The van der Waals surface area contributed by atoms with Crippen molar-refractivity contribution >= 4 is 23.4 Å². The highest BCUT2D eigenvalue weighted by Crippen LogP contribution is 2.36. The molecule has 30 heavy (non-hydrogen) atoms. The summed E-state index contributed by atoms with van der Waals surface area (Å²) in [6, 6.07) is 10.7. The summed E-state index contributed by atoms with van der Waals surface area (Å²) in [6.07, 6.45) is 1.35. The van der Waals surface area contributed by atoms with E-state index < -0.39 is 11.8 Å². The van der Waals surface area contributed by atoms with Crippen molar-refractivity contribution in [3.63, 3.8) is 0 Å². The number of halogens is 1. The standard InChI is InChI=1S/C21H19ClN4O4/c1-29-16-9-14(15(22)10-17(16)30-2)21(28)25-26-19-12-6-4-3-5-11(12)7-8-13(19)18(24-26)20(23)27/h3-6,9-10H,7-8H2,1-2H3,(H2,23,27)(H,25,28). The van der Waals surface area contributed by atoms with Crippen LogP contribution in [0.4, 0.5) is 0 Å². The van der Waals surface area contributed by atoms with Crippen LogP contribution in [0.15, 0.2) is 36.4 Å². The number of nitrogens with two attached hydrogens (primary N) is 1. The Labute approximate surface area is 177 Å². The van der Waals surface area contributed by atoms with E-state index in [1.165, 1.54) is 31.1 Å². The minimum atomic E-state index is -0.650. The number of methoxy groups -OCH3 is 2. The molecule has 0 radical (unpaired) electrons. The SMILES string of the molecule is COc1cc(Cl)c(C(=O)Nn2nc(C(N)=O)c3c2-c2ccccc2CC3)cc1OC. The largest absolute Gasteiger partial charge is 0.493 e. The van der Waals surface area contributed by atoms with E-state index >= 15 is 0 Å². The molecule has 1 aromatic heterocycles. The number of carbonyl (C=O) groups is 2. The van der Waals surface area contributed by atoms with Crippen LogP contribution in [-0.4, -0.2) is 35.9 Å². The van der Waals surface area contributed by atoms with E-state index in [0.717, 1.165) is 17.5 Å². The maximum Gasteiger partial charge on any atom is 0.273 e. The highest BCUT2D eigenvalue weighted by atomic mass is 35.5. The number of fused-ring (bicyclic) bond motifs is 3. The third-order valence-corrected chi connectivity index (χ3v) is 5.37. The summed E-state index contributed by atoms with van der Waals surface area (Å²) in [5.74, 6) is -0.411. The Balaban J connectivity index is 1.78. The Morgan fingerprint density at radius 2 is 1.83 bits per heavy atom. The molecule has 2 amide bonds. The molecule has 2 aromatic carbocycles. The minimum absolute atomic E-state index is 0.137. The van der Waals surface area contributed by atoms with Gasteiger partial charge in [-0.05, 0) is 24.5 Å². The normalized spacial score (nSPS) is 12.0. The van der Waals surface area contributed by atoms with Crippen molar-refractivity contribution in [3.05, 3.63) is 63.8 Å². The van der Waals surface area contributed by atoms with Crippen molar-refractivity contribution in [2.24, 2.45) is 5.73 Å². The molecule has 0 atom stereocenters. The predicted molar refractivity (Wildman–Crippen MR) is 112 cm³/mol. The van der Waals surface area contributed by atoms with Crippen molar-refractivity contribution in [3.8, 4) is 22.8 Å². The molecule has 0 saturated heterocycles. The van der Waals surface area contributed by atoms with Crippen molar-refractivity contribution in [1.82, 2.24) is 9.89 Å². The molecule has 1 heterocycles. The lowest BCUT2D eigenvalue weighted by Gasteiger charge is -2.19. The van der Waals surface area contributed by atoms with E-state index in [-0.39, 0.29) is 16.3 Å². The van der Waals surface area contributed by atoms with E-state index in [1.807, 2.05) is 24.3 Å². The zero-order valence-corrected chi connectivity index (χ0v) is 17.1. The third kappa shape index (κ3) is 3.25. The predicted octanol–water partition coefficient (Wildman–Crippen LogP) is 2.80. The monoisotopic (exact) mass is 426 g/mol. The van der Waals surface area contributed by atoms with Gasteiger partial charge in [0.25, 0.3) is 11.8 Å². The first kappa shape index (κ1) is 19.8. The van der Waals surface area contributed by atoms with Gasteiger partial charge >= 0.3 is 0 Å². The lowest BCUT2D eigenvalue weighted by molar-refractivity contribution is 0.0983. The number of hydrogen-bond donors (Lipinski definition) is 2. The highest BCUT2D eigenvalue weighted by molar-refractivity contribution is 6.34. The first-order chi connectivity index (χ1) is 14.4. The molecule has 1 aliphatic carbocycles. The van der Waals surface area contributed by atoms with Gasteiger partial charge in [-0.25, -0.2) is 5.43 Å². The molecule has 1 aliphatic rings. The van der Waals surface area contributed by atoms with Crippen LogP contribution in [0.5, 0.6) is 11.5 Å². The average molecular weight is 427 g/mol. The number of primary amides is 1. The molecule has 3 N–H and O–H groups in total. The minimum Gasteiger partial charge on any atom is -0.493 e. The smallest absolute Gasteiger partial charge is 0.273 e. The third-order valence-electron chi connectivity index (χ3n) is 5.06. The summed E-state index contributed by atoms with van der Waals surface area (Å²) >= 11 is 6.28. The van der Waals surface area contributed by atoms with Gasteiger partial charge in [0.1, 0.15) is 0 Å². The van der Waals surface area contributed by atoms with Crippen molar-refractivity contribution in [2.75, 3.05) is 19.6 Å². The van der Waals surface area contributed by atoms with E-state index in [9.17, 15) is 9.59 Å². The zero-order valence-electron chi connectivity index (χ0n) is 16.4. The number of benzene rings is 2. The number of ether oxygens (including phenoxy) is 2. The summed E-state index contributed by atoms with van der Waals surface area (Å²) in [5, 5.41) is 4.45. The van der Waals surface area contributed by atoms with Gasteiger partial charge in [-0.3, -0.25) is 9.59 Å². The number of nitrogens with zero attached hydrogens (tertiary/aromatic N) is 2. The molecular formula is C21H19ClN4O4. The van der Waals surface area contributed by atoms with E-state index in [4.69, 9.17) is 26.8 Å². The van der Waals surface area contributed by atoms with Crippen LogP contribution >= 0.6 is 11.6 Å². The fourth-order valence-corrected chi connectivity index (χ4v) is 3.90. The maximum absolute atomic E-state index is 13.0. The molecule has 0 fully saturated rings. The Morgan fingerprint density at radius 1 is 1.13 bits per heavy atom. The molecular weight excluding hydrogens is 408 g/mol. The maximum atomic E-state index is 13.0. The number of aromatic nitrogens is 2. The average Bonchev–Trinajstić information content (AvgIpc) is 3.12. The van der Waals surface area contributed by atoms with Crippen LogP contribution in [0.3, 0.4) is 0 Å². The van der Waals surface area contributed by atoms with Gasteiger partial charge in [0.15, 0.2) is 17.2 Å². The molecule has 3 aromatic rings. The summed E-state index contributed by atoms with van der Waals surface area (Å²) in [4.78, 5) is 26.2. The van der Waals surface area contributed by atoms with E-state index in [2.05, 4.69) is 10.5 Å². The Morgan fingerprint density at radius 3 is 2.53 bits per heavy atom. The number of carbonyl (C=O) groups excluding carboxylic acids is 2. The molecule has 0 saturated carbocycles. The van der Waals surface area contributed by atoms with Crippen LogP contribution in [0.1, 0.15) is 32.0 Å². The number of rotatable bonds is 5. The van der Waals surface area contributed by atoms with E-state index in [0.29, 0.717) is 29.2 Å². The van der Waals surface area contributed by atoms with Crippen LogP contribution in [0.25, 0.3) is 11.3 Å². The van der Waals surface area contributed by atoms with Crippen molar-refractivity contribution < 1.29 is 19.1 Å². The fraction of sp³-hybridized carbons (Fsp3) is 0.190. The van der Waals surface area contributed by atoms with Gasteiger partial charge < -0.3 is 15.2 Å². The lowest BCUT2D eigenvalue weighted by atomic mass is 9.89. The molecule has 8 nitrogen and oxygen atoms in total. The summed E-state index contributed by atoms with van der Waals surface area (Å²) < 4.78 is 10.5. The number of amides is 2. The second-order valence-corrected chi connectivity index (χ2v) is 7.14. The summed E-state index contributed by atoms with van der Waals surface area (Å²) in [7, 11) is 2.94. The van der Waals surface area contributed by atoms with Crippen molar-refractivity contribution in [2.45, 2.75) is 12.8 Å². The Bertz CT molecular complexity index is 1170.